The fourth-order valence-corrected chi connectivity index (χ4v) is 2.54. The van der Waals surface area contributed by atoms with Crippen LogP contribution in [0.4, 0.5) is 0 Å². The molecular weight excluding hydrogens is 246 g/mol. The molecule has 0 aliphatic heterocycles. The SMILES string of the molecule is Cc1cn(CCOCc2ccccc2)c2ccccc12. The van der Waals surface area contributed by atoms with Gasteiger partial charge < -0.3 is 9.30 Å². The van der Waals surface area contributed by atoms with E-state index in [-0.39, 0.29) is 0 Å². The average molecular weight is 265 g/mol. The molecule has 2 aromatic carbocycles. The molecule has 3 aromatic rings. The average Bonchev–Trinajstić information content (AvgIpc) is 2.82. The van der Waals surface area contributed by atoms with E-state index in [9.17, 15) is 0 Å². The Morgan fingerprint density at radius 2 is 1.70 bits per heavy atom. The molecule has 0 fully saturated rings. The summed E-state index contributed by atoms with van der Waals surface area (Å²) >= 11 is 0. The van der Waals surface area contributed by atoms with E-state index < -0.39 is 0 Å². The maximum absolute atomic E-state index is 5.76. The molecule has 3 rings (SSSR count). The third-order valence-electron chi connectivity index (χ3n) is 3.58. The highest BCUT2D eigenvalue weighted by Crippen LogP contribution is 2.20. The van der Waals surface area contributed by atoms with Crippen LogP contribution in [-0.4, -0.2) is 11.2 Å². The zero-order valence-corrected chi connectivity index (χ0v) is 11.8. The van der Waals surface area contributed by atoms with Gasteiger partial charge in [0.15, 0.2) is 0 Å². The second-order valence-corrected chi connectivity index (χ2v) is 5.06. The maximum Gasteiger partial charge on any atom is 0.0717 e. The number of nitrogens with zero attached hydrogens (tertiary/aromatic N) is 1. The highest BCUT2D eigenvalue weighted by molar-refractivity contribution is 5.83. The lowest BCUT2D eigenvalue weighted by Gasteiger charge is -2.07. The molecule has 0 saturated heterocycles. The zero-order chi connectivity index (χ0) is 13.8. The maximum atomic E-state index is 5.76. The number of fused-ring (bicyclic) bond motifs is 1. The van der Waals surface area contributed by atoms with Crippen molar-refractivity contribution in [2.24, 2.45) is 0 Å². The molecule has 0 N–H and O–H groups in total. The van der Waals surface area contributed by atoms with Crippen molar-refractivity contribution >= 4 is 10.9 Å². The number of benzene rings is 2. The normalized spacial score (nSPS) is 11.1. The summed E-state index contributed by atoms with van der Waals surface area (Å²) in [4.78, 5) is 0. The quantitative estimate of drug-likeness (QED) is 0.632. The zero-order valence-electron chi connectivity index (χ0n) is 11.8. The topological polar surface area (TPSA) is 14.2 Å². The number of hydrogen-bond donors (Lipinski definition) is 0. The number of para-hydroxylation sites is 1. The molecule has 0 atom stereocenters. The summed E-state index contributed by atoms with van der Waals surface area (Å²) in [5.74, 6) is 0. The monoisotopic (exact) mass is 265 g/mol. The van der Waals surface area contributed by atoms with Gasteiger partial charge in [-0.25, -0.2) is 0 Å². The summed E-state index contributed by atoms with van der Waals surface area (Å²) in [6.07, 6.45) is 2.20. The molecular formula is C18H19NO. The van der Waals surface area contributed by atoms with Crippen molar-refractivity contribution in [2.45, 2.75) is 20.1 Å². The predicted molar refractivity (Wildman–Crippen MR) is 82.8 cm³/mol. The smallest absolute Gasteiger partial charge is 0.0717 e. The molecule has 0 aliphatic rings. The summed E-state index contributed by atoms with van der Waals surface area (Å²) in [5, 5.41) is 1.33. The molecule has 0 amide bonds. The summed E-state index contributed by atoms with van der Waals surface area (Å²) in [6, 6.07) is 18.8. The Balaban J connectivity index is 1.60. The molecule has 2 nitrogen and oxygen atoms in total. The van der Waals surface area contributed by atoms with Crippen LogP contribution < -0.4 is 0 Å². The van der Waals surface area contributed by atoms with Crippen molar-refractivity contribution in [1.29, 1.82) is 0 Å². The van der Waals surface area contributed by atoms with Crippen molar-refractivity contribution in [3.63, 3.8) is 0 Å². The minimum absolute atomic E-state index is 0.680. The molecule has 0 radical (unpaired) electrons. The van der Waals surface area contributed by atoms with E-state index in [4.69, 9.17) is 4.74 Å². The number of hydrogen-bond acceptors (Lipinski definition) is 1. The molecule has 2 heteroatoms. The number of aryl methyl sites for hydroxylation is 1. The minimum atomic E-state index is 0.680. The van der Waals surface area contributed by atoms with E-state index in [2.05, 4.69) is 54.1 Å². The van der Waals surface area contributed by atoms with Gasteiger partial charge in [0.1, 0.15) is 0 Å². The standard InChI is InChI=1S/C18H19NO/c1-15-13-19(18-10-6-5-9-17(15)18)11-12-20-14-16-7-3-2-4-8-16/h2-10,13H,11-12,14H2,1H3. The van der Waals surface area contributed by atoms with Crippen molar-refractivity contribution in [1.82, 2.24) is 4.57 Å². The molecule has 0 saturated carbocycles. The van der Waals surface area contributed by atoms with Crippen LogP contribution in [-0.2, 0) is 17.9 Å². The van der Waals surface area contributed by atoms with Crippen LogP contribution in [0.3, 0.4) is 0 Å². The highest BCUT2D eigenvalue weighted by Gasteiger charge is 2.03. The second-order valence-electron chi connectivity index (χ2n) is 5.06. The van der Waals surface area contributed by atoms with Gasteiger partial charge >= 0.3 is 0 Å². The summed E-state index contributed by atoms with van der Waals surface area (Å²) in [6.45, 7) is 4.46. The van der Waals surface area contributed by atoms with Gasteiger partial charge in [-0.1, -0.05) is 48.5 Å². The summed E-state index contributed by atoms with van der Waals surface area (Å²) < 4.78 is 8.03. The largest absolute Gasteiger partial charge is 0.375 e. The van der Waals surface area contributed by atoms with Crippen LogP contribution >= 0.6 is 0 Å². The lowest BCUT2D eigenvalue weighted by molar-refractivity contribution is 0.114. The van der Waals surface area contributed by atoms with Gasteiger partial charge in [0.2, 0.25) is 0 Å². The van der Waals surface area contributed by atoms with Gasteiger partial charge in [0.25, 0.3) is 0 Å². The molecule has 1 aromatic heterocycles. The Morgan fingerprint density at radius 1 is 0.950 bits per heavy atom. The molecule has 102 valence electrons. The Morgan fingerprint density at radius 3 is 2.55 bits per heavy atom. The molecule has 0 bridgehead atoms. The van der Waals surface area contributed by atoms with Crippen LogP contribution in [0, 0.1) is 6.92 Å². The van der Waals surface area contributed by atoms with Crippen LogP contribution in [0.2, 0.25) is 0 Å². The third-order valence-corrected chi connectivity index (χ3v) is 3.58. The molecule has 0 spiro atoms. The predicted octanol–water partition coefficient (Wildman–Crippen LogP) is 4.17. The number of aromatic nitrogens is 1. The van der Waals surface area contributed by atoms with Crippen molar-refractivity contribution in [3.8, 4) is 0 Å². The fraction of sp³-hybridized carbons (Fsp3) is 0.222. The number of ether oxygens (including phenoxy) is 1. The van der Waals surface area contributed by atoms with Gasteiger partial charge in [-0.2, -0.15) is 0 Å². The Bertz CT molecular complexity index is 685. The molecule has 0 aliphatic carbocycles. The van der Waals surface area contributed by atoms with E-state index in [0.717, 1.165) is 13.2 Å². The van der Waals surface area contributed by atoms with Crippen LogP contribution in [0.15, 0.2) is 60.8 Å². The second kappa shape index (κ2) is 5.93. The first kappa shape index (κ1) is 12.9. The number of rotatable bonds is 5. The fourth-order valence-electron chi connectivity index (χ4n) is 2.54. The Hall–Kier alpha value is -2.06. The van der Waals surface area contributed by atoms with Crippen molar-refractivity contribution in [2.75, 3.05) is 6.61 Å². The molecule has 20 heavy (non-hydrogen) atoms. The van der Waals surface area contributed by atoms with E-state index in [1.54, 1.807) is 0 Å². The Kier molecular flexibility index (Phi) is 3.84. The van der Waals surface area contributed by atoms with Crippen LogP contribution in [0.1, 0.15) is 11.1 Å². The third kappa shape index (κ3) is 2.75. The van der Waals surface area contributed by atoms with Gasteiger partial charge in [-0.3, -0.25) is 0 Å². The molecule has 1 heterocycles. The van der Waals surface area contributed by atoms with Crippen LogP contribution in [0.25, 0.3) is 10.9 Å². The van der Waals surface area contributed by atoms with Gasteiger partial charge in [-0.15, -0.1) is 0 Å². The first-order valence-corrected chi connectivity index (χ1v) is 7.01. The van der Waals surface area contributed by atoms with Gasteiger partial charge in [0, 0.05) is 23.6 Å². The first-order valence-electron chi connectivity index (χ1n) is 7.01. The van der Waals surface area contributed by atoms with E-state index in [1.807, 2.05) is 18.2 Å². The summed E-state index contributed by atoms with van der Waals surface area (Å²) in [5.41, 5.74) is 3.83. The highest BCUT2D eigenvalue weighted by atomic mass is 16.5. The first-order chi connectivity index (χ1) is 9.84. The van der Waals surface area contributed by atoms with Crippen LogP contribution in [0.5, 0.6) is 0 Å². The van der Waals surface area contributed by atoms with E-state index in [0.29, 0.717) is 6.61 Å². The van der Waals surface area contributed by atoms with Gasteiger partial charge in [0.05, 0.1) is 13.2 Å². The van der Waals surface area contributed by atoms with Gasteiger partial charge in [-0.05, 0) is 24.1 Å². The van der Waals surface area contributed by atoms with E-state index in [1.165, 1.54) is 22.0 Å². The summed E-state index contributed by atoms with van der Waals surface area (Å²) in [7, 11) is 0. The lowest BCUT2D eigenvalue weighted by atomic mass is 10.2. The van der Waals surface area contributed by atoms with E-state index >= 15 is 0 Å². The van der Waals surface area contributed by atoms with Crippen molar-refractivity contribution < 1.29 is 4.74 Å². The Labute approximate surface area is 119 Å². The lowest BCUT2D eigenvalue weighted by Crippen LogP contribution is -2.04. The molecule has 0 unspecified atom stereocenters. The van der Waals surface area contributed by atoms with Crippen molar-refractivity contribution in [3.05, 3.63) is 71.9 Å². The minimum Gasteiger partial charge on any atom is -0.375 e.